The number of carbonyl (C=O) groups is 1. The zero-order chi connectivity index (χ0) is 22.4. The van der Waals surface area contributed by atoms with Crippen LogP contribution in [0, 0.1) is 10.1 Å². The highest BCUT2D eigenvalue weighted by Crippen LogP contribution is 2.29. The van der Waals surface area contributed by atoms with E-state index >= 15 is 0 Å². The van der Waals surface area contributed by atoms with Crippen molar-refractivity contribution in [1.82, 2.24) is 15.3 Å². The SMILES string of the molecule is CCCCc1cc(N2CCCC(NC(C)=O)C2)nc(Nc2ccc(Cl)c([N+](=O)[O-])c2)n1. The van der Waals surface area contributed by atoms with Crippen LogP contribution in [0.5, 0.6) is 0 Å². The molecule has 0 bridgehead atoms. The number of nitro groups is 1. The van der Waals surface area contributed by atoms with E-state index in [1.165, 1.54) is 19.1 Å². The third-order valence-electron chi connectivity index (χ3n) is 5.10. The summed E-state index contributed by atoms with van der Waals surface area (Å²) in [5.74, 6) is 1.12. The Hall–Kier alpha value is -2.94. The molecule has 0 spiro atoms. The molecule has 9 nitrogen and oxygen atoms in total. The lowest BCUT2D eigenvalue weighted by Crippen LogP contribution is -2.47. The van der Waals surface area contributed by atoms with Crippen LogP contribution in [0.4, 0.5) is 23.1 Å². The summed E-state index contributed by atoms with van der Waals surface area (Å²) in [4.78, 5) is 33.5. The second-order valence-corrected chi connectivity index (χ2v) is 8.09. The van der Waals surface area contributed by atoms with E-state index in [1.54, 1.807) is 6.07 Å². The molecule has 1 saturated heterocycles. The molecule has 2 N–H and O–H groups in total. The molecule has 1 amide bonds. The first-order valence-corrected chi connectivity index (χ1v) is 10.8. The number of rotatable bonds is 8. The molecular formula is C21H27ClN6O3. The van der Waals surface area contributed by atoms with Crippen LogP contribution in [0.1, 0.15) is 45.2 Å². The van der Waals surface area contributed by atoms with Crippen molar-refractivity contribution in [3.63, 3.8) is 0 Å². The van der Waals surface area contributed by atoms with Crippen LogP contribution in [-0.4, -0.2) is 39.9 Å². The largest absolute Gasteiger partial charge is 0.354 e. The van der Waals surface area contributed by atoms with E-state index < -0.39 is 4.92 Å². The number of anilines is 3. The van der Waals surface area contributed by atoms with Crippen molar-refractivity contribution in [3.8, 4) is 0 Å². The van der Waals surface area contributed by atoms with Crippen molar-refractivity contribution >= 4 is 40.6 Å². The van der Waals surface area contributed by atoms with Gasteiger partial charge in [-0.1, -0.05) is 24.9 Å². The first-order chi connectivity index (χ1) is 14.9. The fourth-order valence-electron chi connectivity index (χ4n) is 3.64. The van der Waals surface area contributed by atoms with Gasteiger partial charge in [-0.3, -0.25) is 14.9 Å². The number of aromatic nitrogens is 2. The van der Waals surface area contributed by atoms with E-state index in [9.17, 15) is 14.9 Å². The second-order valence-electron chi connectivity index (χ2n) is 7.68. The summed E-state index contributed by atoms with van der Waals surface area (Å²) in [6.45, 7) is 5.17. The topological polar surface area (TPSA) is 113 Å². The predicted octanol–water partition coefficient (Wildman–Crippen LogP) is 4.23. The highest BCUT2D eigenvalue weighted by atomic mass is 35.5. The number of carbonyl (C=O) groups excluding carboxylic acids is 1. The summed E-state index contributed by atoms with van der Waals surface area (Å²) in [6, 6.07) is 6.58. The maximum absolute atomic E-state index is 11.5. The standard InChI is InChI=1S/C21H27ClN6O3/c1-3-4-6-15-12-20(27-10-5-7-17(13-27)23-14(2)29)26-21(24-15)25-16-8-9-18(22)19(11-16)28(30)31/h8-9,11-12,17H,3-7,10,13H2,1-2H3,(H,23,29)(H,24,25,26). The Labute approximate surface area is 186 Å². The maximum Gasteiger partial charge on any atom is 0.289 e. The predicted molar refractivity (Wildman–Crippen MR) is 121 cm³/mol. The van der Waals surface area contributed by atoms with Crippen LogP contribution in [0.25, 0.3) is 0 Å². The fraction of sp³-hybridized carbons (Fsp3) is 0.476. The lowest BCUT2D eigenvalue weighted by atomic mass is 10.1. The van der Waals surface area contributed by atoms with Gasteiger partial charge in [0.15, 0.2) is 0 Å². The van der Waals surface area contributed by atoms with E-state index in [0.29, 0.717) is 18.2 Å². The summed E-state index contributed by atoms with van der Waals surface area (Å²) >= 11 is 5.92. The molecule has 3 rings (SSSR count). The molecule has 2 heterocycles. The zero-order valence-corrected chi connectivity index (χ0v) is 18.5. The summed E-state index contributed by atoms with van der Waals surface area (Å²) in [5, 5.41) is 17.3. The minimum Gasteiger partial charge on any atom is -0.354 e. The summed E-state index contributed by atoms with van der Waals surface area (Å²) in [6.07, 6.45) is 4.73. The summed E-state index contributed by atoms with van der Waals surface area (Å²) in [5.41, 5.74) is 1.21. The Bertz CT molecular complexity index is 955. The molecule has 0 saturated carbocycles. The van der Waals surface area contributed by atoms with Crippen molar-refractivity contribution in [2.45, 2.75) is 52.0 Å². The third-order valence-corrected chi connectivity index (χ3v) is 5.42. The van der Waals surface area contributed by atoms with Gasteiger partial charge in [0, 0.05) is 49.6 Å². The van der Waals surface area contributed by atoms with Gasteiger partial charge in [-0.25, -0.2) is 4.98 Å². The van der Waals surface area contributed by atoms with Crippen molar-refractivity contribution in [1.29, 1.82) is 0 Å². The number of hydrogen-bond donors (Lipinski definition) is 2. The number of amides is 1. The van der Waals surface area contributed by atoms with Gasteiger partial charge < -0.3 is 15.5 Å². The minimum atomic E-state index is -0.520. The van der Waals surface area contributed by atoms with Crippen LogP contribution < -0.4 is 15.5 Å². The smallest absolute Gasteiger partial charge is 0.289 e. The maximum atomic E-state index is 11.5. The van der Waals surface area contributed by atoms with Gasteiger partial charge >= 0.3 is 0 Å². The highest BCUT2D eigenvalue weighted by Gasteiger charge is 2.22. The van der Waals surface area contributed by atoms with Crippen LogP contribution >= 0.6 is 11.6 Å². The normalized spacial score (nSPS) is 16.1. The Morgan fingerprint density at radius 3 is 2.87 bits per heavy atom. The van der Waals surface area contributed by atoms with E-state index in [-0.39, 0.29) is 22.7 Å². The Morgan fingerprint density at radius 2 is 2.16 bits per heavy atom. The van der Waals surface area contributed by atoms with E-state index in [0.717, 1.165) is 50.2 Å². The number of nitrogens with zero attached hydrogens (tertiary/aromatic N) is 4. The van der Waals surface area contributed by atoms with Gasteiger partial charge in [0.25, 0.3) is 5.69 Å². The first-order valence-electron chi connectivity index (χ1n) is 10.5. The molecule has 1 fully saturated rings. The number of hydrogen-bond acceptors (Lipinski definition) is 7. The molecule has 1 aliphatic heterocycles. The van der Waals surface area contributed by atoms with E-state index in [2.05, 4.69) is 32.4 Å². The Balaban J connectivity index is 1.87. The second kappa shape index (κ2) is 10.4. The lowest BCUT2D eigenvalue weighted by Gasteiger charge is -2.34. The Morgan fingerprint density at radius 1 is 1.35 bits per heavy atom. The van der Waals surface area contributed by atoms with Gasteiger partial charge in [-0.05, 0) is 37.8 Å². The van der Waals surface area contributed by atoms with Crippen molar-refractivity contribution < 1.29 is 9.72 Å². The number of nitrogens with one attached hydrogen (secondary N) is 2. The van der Waals surface area contributed by atoms with Crippen LogP contribution in [-0.2, 0) is 11.2 Å². The van der Waals surface area contributed by atoms with Gasteiger partial charge in [0.05, 0.1) is 4.92 Å². The van der Waals surface area contributed by atoms with Gasteiger partial charge in [-0.15, -0.1) is 0 Å². The van der Waals surface area contributed by atoms with Crippen molar-refractivity contribution in [3.05, 3.63) is 45.1 Å². The van der Waals surface area contributed by atoms with Crippen molar-refractivity contribution in [2.75, 3.05) is 23.3 Å². The molecule has 1 unspecified atom stereocenters. The number of benzene rings is 1. The average molecular weight is 447 g/mol. The minimum absolute atomic E-state index is 0.0372. The number of aryl methyl sites for hydroxylation is 1. The molecule has 31 heavy (non-hydrogen) atoms. The van der Waals surface area contributed by atoms with Gasteiger partial charge in [-0.2, -0.15) is 4.98 Å². The highest BCUT2D eigenvalue weighted by molar-refractivity contribution is 6.32. The van der Waals surface area contributed by atoms with Crippen LogP contribution in [0.15, 0.2) is 24.3 Å². The monoisotopic (exact) mass is 446 g/mol. The number of unbranched alkanes of at least 4 members (excludes halogenated alkanes) is 1. The molecule has 1 aliphatic rings. The summed E-state index contributed by atoms with van der Waals surface area (Å²) < 4.78 is 0. The zero-order valence-electron chi connectivity index (χ0n) is 17.7. The van der Waals surface area contributed by atoms with Crippen LogP contribution in [0.2, 0.25) is 5.02 Å². The average Bonchev–Trinajstić information content (AvgIpc) is 2.73. The molecule has 10 heteroatoms. The number of halogens is 1. The van der Waals surface area contributed by atoms with Crippen LogP contribution in [0.3, 0.4) is 0 Å². The van der Waals surface area contributed by atoms with E-state index in [4.69, 9.17) is 11.6 Å². The molecule has 1 aromatic heterocycles. The third kappa shape index (κ3) is 6.27. The first kappa shape index (κ1) is 22.7. The van der Waals surface area contributed by atoms with Gasteiger partial charge in [0.1, 0.15) is 10.8 Å². The number of nitro benzene ring substituents is 1. The lowest BCUT2D eigenvalue weighted by molar-refractivity contribution is -0.384. The molecule has 1 atom stereocenters. The molecule has 0 radical (unpaired) electrons. The van der Waals surface area contributed by atoms with Gasteiger partial charge in [0.2, 0.25) is 11.9 Å². The molecule has 1 aromatic carbocycles. The van der Waals surface area contributed by atoms with E-state index in [1.807, 2.05) is 6.07 Å². The Kier molecular flexibility index (Phi) is 7.62. The fourth-order valence-corrected chi connectivity index (χ4v) is 3.82. The molecular weight excluding hydrogens is 420 g/mol. The molecule has 166 valence electrons. The molecule has 2 aromatic rings. The molecule has 0 aliphatic carbocycles. The number of piperidine rings is 1. The van der Waals surface area contributed by atoms with Crippen molar-refractivity contribution in [2.24, 2.45) is 0 Å². The quantitative estimate of drug-likeness (QED) is 0.460. The summed E-state index contributed by atoms with van der Waals surface area (Å²) in [7, 11) is 0.